The molecule has 2 heterocycles. The molecule has 7 nitrogen and oxygen atoms in total. The van der Waals surface area contributed by atoms with E-state index in [1.807, 2.05) is 6.92 Å². The zero-order valence-electron chi connectivity index (χ0n) is 12.2. The molecule has 1 aliphatic carbocycles. The van der Waals surface area contributed by atoms with Gasteiger partial charge in [0.2, 0.25) is 0 Å². The first-order chi connectivity index (χ1) is 10.1. The summed E-state index contributed by atoms with van der Waals surface area (Å²) in [5.74, 6) is 0.841. The number of aryl methyl sites for hydroxylation is 1. The third kappa shape index (κ3) is 2.49. The predicted octanol–water partition coefficient (Wildman–Crippen LogP) is 0.530. The van der Waals surface area contributed by atoms with Gasteiger partial charge in [-0.2, -0.15) is 10.1 Å². The topological polar surface area (TPSA) is 83.6 Å². The van der Waals surface area contributed by atoms with Crippen LogP contribution in [-0.2, 0) is 6.42 Å². The molecule has 2 aromatic rings. The largest absolute Gasteiger partial charge is 0.393 e. The van der Waals surface area contributed by atoms with Crippen LogP contribution in [0, 0.1) is 5.92 Å². The highest BCUT2D eigenvalue weighted by Gasteiger charge is 2.30. The van der Waals surface area contributed by atoms with Gasteiger partial charge in [-0.3, -0.25) is 4.79 Å². The maximum atomic E-state index is 12.6. The van der Waals surface area contributed by atoms with E-state index in [9.17, 15) is 9.90 Å². The highest BCUT2D eigenvalue weighted by molar-refractivity contribution is 5.95. The van der Waals surface area contributed by atoms with Crippen LogP contribution in [0.5, 0.6) is 0 Å². The SMILES string of the molecule is CCc1c(C(=O)N(C)CC2CC(O)C2)cnc2ncnn12. The van der Waals surface area contributed by atoms with Gasteiger partial charge in [-0.05, 0) is 25.2 Å². The van der Waals surface area contributed by atoms with Crippen molar-refractivity contribution < 1.29 is 9.90 Å². The smallest absolute Gasteiger partial charge is 0.257 e. The highest BCUT2D eigenvalue weighted by atomic mass is 16.3. The Morgan fingerprint density at radius 3 is 2.90 bits per heavy atom. The van der Waals surface area contributed by atoms with Gasteiger partial charge in [-0.15, -0.1) is 0 Å². The molecule has 0 unspecified atom stereocenters. The first kappa shape index (κ1) is 13.9. The number of amides is 1. The van der Waals surface area contributed by atoms with Gasteiger partial charge in [0, 0.05) is 19.8 Å². The van der Waals surface area contributed by atoms with Gasteiger partial charge in [0.05, 0.1) is 17.4 Å². The van der Waals surface area contributed by atoms with Gasteiger partial charge in [0.1, 0.15) is 6.33 Å². The number of fused-ring (bicyclic) bond motifs is 1. The minimum absolute atomic E-state index is 0.0573. The van der Waals surface area contributed by atoms with Crippen LogP contribution in [0.25, 0.3) is 5.78 Å². The summed E-state index contributed by atoms with van der Waals surface area (Å²) in [7, 11) is 1.79. The van der Waals surface area contributed by atoms with Gasteiger partial charge in [-0.1, -0.05) is 6.92 Å². The number of nitrogens with zero attached hydrogens (tertiary/aromatic N) is 5. The molecular formula is C14H19N5O2. The van der Waals surface area contributed by atoms with E-state index in [4.69, 9.17) is 0 Å². The molecule has 1 N–H and O–H groups in total. The number of aliphatic hydroxyl groups excluding tert-OH is 1. The van der Waals surface area contributed by atoms with Crippen LogP contribution in [0.15, 0.2) is 12.5 Å². The van der Waals surface area contributed by atoms with Crippen LogP contribution in [-0.4, -0.2) is 55.2 Å². The molecule has 0 saturated heterocycles. The van der Waals surface area contributed by atoms with E-state index < -0.39 is 0 Å². The molecule has 112 valence electrons. The second-order valence-electron chi connectivity index (χ2n) is 5.62. The van der Waals surface area contributed by atoms with E-state index in [1.165, 1.54) is 6.33 Å². The Morgan fingerprint density at radius 2 is 2.24 bits per heavy atom. The van der Waals surface area contributed by atoms with Gasteiger partial charge in [0.15, 0.2) is 0 Å². The van der Waals surface area contributed by atoms with Crippen LogP contribution in [0.3, 0.4) is 0 Å². The zero-order chi connectivity index (χ0) is 15.0. The Labute approximate surface area is 122 Å². The van der Waals surface area contributed by atoms with Gasteiger partial charge in [-0.25, -0.2) is 9.50 Å². The van der Waals surface area contributed by atoms with Crippen LogP contribution in [0.4, 0.5) is 0 Å². The third-order valence-electron chi connectivity index (χ3n) is 4.06. The van der Waals surface area contributed by atoms with Gasteiger partial charge >= 0.3 is 0 Å². The van der Waals surface area contributed by atoms with Crippen molar-refractivity contribution in [1.82, 2.24) is 24.5 Å². The molecule has 0 spiro atoms. The van der Waals surface area contributed by atoms with Crippen molar-refractivity contribution in [3.8, 4) is 0 Å². The Morgan fingerprint density at radius 1 is 1.48 bits per heavy atom. The number of aromatic nitrogens is 4. The third-order valence-corrected chi connectivity index (χ3v) is 4.06. The summed E-state index contributed by atoms with van der Waals surface area (Å²) in [6.07, 6.45) is 5.06. The van der Waals surface area contributed by atoms with E-state index in [-0.39, 0.29) is 12.0 Å². The molecular weight excluding hydrogens is 270 g/mol. The number of hydrogen-bond acceptors (Lipinski definition) is 5. The molecule has 0 radical (unpaired) electrons. The Hall–Kier alpha value is -2.02. The van der Waals surface area contributed by atoms with Crippen LogP contribution in [0.1, 0.15) is 35.8 Å². The quantitative estimate of drug-likeness (QED) is 0.887. The first-order valence-corrected chi connectivity index (χ1v) is 7.21. The summed E-state index contributed by atoms with van der Waals surface area (Å²) >= 11 is 0. The van der Waals surface area contributed by atoms with Crippen molar-refractivity contribution in [2.75, 3.05) is 13.6 Å². The molecule has 0 aliphatic heterocycles. The fourth-order valence-corrected chi connectivity index (χ4v) is 2.87. The van der Waals surface area contributed by atoms with Crippen LogP contribution >= 0.6 is 0 Å². The lowest BCUT2D eigenvalue weighted by molar-refractivity contribution is 0.0265. The fraction of sp³-hybridized carbons (Fsp3) is 0.571. The Kier molecular flexibility index (Phi) is 3.59. The van der Waals surface area contributed by atoms with E-state index in [1.54, 1.807) is 22.7 Å². The average molecular weight is 289 g/mol. The summed E-state index contributed by atoms with van der Waals surface area (Å²) in [4.78, 5) is 22.5. The monoisotopic (exact) mass is 289 g/mol. The fourth-order valence-electron chi connectivity index (χ4n) is 2.87. The summed E-state index contributed by atoms with van der Waals surface area (Å²) in [5, 5.41) is 13.5. The Bertz CT molecular complexity index is 662. The summed E-state index contributed by atoms with van der Waals surface area (Å²) in [6.45, 7) is 2.64. The molecule has 0 atom stereocenters. The summed E-state index contributed by atoms with van der Waals surface area (Å²) < 4.78 is 1.62. The van der Waals surface area contributed by atoms with Crippen molar-refractivity contribution in [2.24, 2.45) is 5.92 Å². The summed E-state index contributed by atoms with van der Waals surface area (Å²) in [5.41, 5.74) is 1.39. The van der Waals surface area contributed by atoms with E-state index in [0.717, 1.165) is 18.5 Å². The lowest BCUT2D eigenvalue weighted by atomic mass is 9.82. The normalized spacial score (nSPS) is 21.3. The molecule has 1 saturated carbocycles. The average Bonchev–Trinajstić information content (AvgIpc) is 2.92. The number of hydrogen-bond donors (Lipinski definition) is 1. The van der Waals surface area contributed by atoms with Gasteiger partial charge < -0.3 is 10.0 Å². The second kappa shape index (κ2) is 5.40. The lowest BCUT2D eigenvalue weighted by Gasteiger charge is -2.34. The molecule has 2 aromatic heterocycles. The molecule has 21 heavy (non-hydrogen) atoms. The minimum Gasteiger partial charge on any atom is -0.393 e. The molecule has 1 fully saturated rings. The molecule has 7 heteroatoms. The minimum atomic E-state index is -0.196. The van der Waals surface area contributed by atoms with Gasteiger partial charge in [0.25, 0.3) is 11.7 Å². The first-order valence-electron chi connectivity index (χ1n) is 7.21. The maximum absolute atomic E-state index is 12.6. The van der Waals surface area contributed by atoms with Crippen molar-refractivity contribution in [3.05, 3.63) is 23.8 Å². The zero-order valence-corrected chi connectivity index (χ0v) is 12.2. The standard InChI is InChI=1S/C14H19N5O2/c1-3-12-11(6-15-14-16-8-17-19(12)14)13(21)18(2)7-9-4-10(20)5-9/h6,8-10,20H,3-5,7H2,1-2H3. The van der Waals surface area contributed by atoms with Crippen molar-refractivity contribution in [2.45, 2.75) is 32.3 Å². The number of carbonyl (C=O) groups excluding carboxylic acids is 1. The predicted molar refractivity (Wildman–Crippen MR) is 75.9 cm³/mol. The van der Waals surface area contributed by atoms with Crippen molar-refractivity contribution >= 4 is 11.7 Å². The highest BCUT2D eigenvalue weighted by Crippen LogP contribution is 2.28. The summed E-state index contributed by atoms with van der Waals surface area (Å²) in [6, 6.07) is 0. The van der Waals surface area contributed by atoms with Crippen molar-refractivity contribution in [1.29, 1.82) is 0 Å². The van der Waals surface area contributed by atoms with E-state index in [2.05, 4.69) is 15.1 Å². The molecule has 0 aromatic carbocycles. The number of carbonyl (C=O) groups is 1. The van der Waals surface area contributed by atoms with Crippen LogP contribution in [0.2, 0.25) is 0 Å². The van der Waals surface area contributed by atoms with Crippen LogP contribution < -0.4 is 0 Å². The number of aliphatic hydroxyl groups is 1. The molecule has 1 amide bonds. The number of rotatable bonds is 4. The second-order valence-corrected chi connectivity index (χ2v) is 5.62. The van der Waals surface area contributed by atoms with E-state index in [0.29, 0.717) is 30.2 Å². The lowest BCUT2D eigenvalue weighted by Crippen LogP contribution is -2.40. The maximum Gasteiger partial charge on any atom is 0.257 e. The molecule has 3 rings (SSSR count). The molecule has 0 bridgehead atoms. The Balaban J connectivity index is 1.83. The van der Waals surface area contributed by atoms with Crippen molar-refractivity contribution in [3.63, 3.8) is 0 Å². The van der Waals surface area contributed by atoms with E-state index >= 15 is 0 Å². The molecule has 1 aliphatic rings.